The molecule has 1 aliphatic heterocycles. The molecule has 110 valence electrons. The Hall–Kier alpha value is -0.570. The van der Waals surface area contributed by atoms with Crippen LogP contribution in [0.25, 0.3) is 0 Å². The molecular weight excluding hydrogens is 236 g/mol. The van der Waals surface area contributed by atoms with Gasteiger partial charge in [0.25, 0.3) is 0 Å². The molecule has 4 atom stereocenters. The van der Waals surface area contributed by atoms with Crippen LogP contribution in [0.5, 0.6) is 0 Å². The Labute approximate surface area is 117 Å². The molecule has 2 aliphatic rings. The molecule has 1 aliphatic carbocycles. The molecule has 1 saturated carbocycles. The highest BCUT2D eigenvalue weighted by Gasteiger charge is 2.36. The van der Waals surface area contributed by atoms with Gasteiger partial charge >= 0.3 is 0 Å². The summed E-state index contributed by atoms with van der Waals surface area (Å²) in [5.41, 5.74) is 0. The Kier molecular flexibility index (Phi) is 5.26. The lowest BCUT2D eigenvalue weighted by molar-refractivity contribution is -0.130. The van der Waals surface area contributed by atoms with Crippen molar-refractivity contribution in [3.8, 4) is 0 Å². The maximum atomic E-state index is 12.6. The number of hydrogen-bond acceptors (Lipinski definition) is 2. The third kappa shape index (κ3) is 3.95. The van der Waals surface area contributed by atoms with E-state index in [0.29, 0.717) is 23.7 Å². The molecular formula is C16H30N2O. The summed E-state index contributed by atoms with van der Waals surface area (Å²) in [4.78, 5) is 12.6. The van der Waals surface area contributed by atoms with Crippen LogP contribution in [0.1, 0.15) is 59.3 Å². The highest BCUT2D eigenvalue weighted by Crippen LogP contribution is 2.38. The van der Waals surface area contributed by atoms with Crippen LogP contribution >= 0.6 is 0 Å². The third-order valence-corrected chi connectivity index (χ3v) is 4.99. The van der Waals surface area contributed by atoms with Crippen LogP contribution < -0.4 is 10.6 Å². The van der Waals surface area contributed by atoms with Crippen molar-refractivity contribution < 1.29 is 4.79 Å². The fourth-order valence-corrected chi connectivity index (χ4v) is 3.76. The van der Waals surface area contributed by atoms with Gasteiger partial charge in [-0.05, 0) is 56.4 Å². The molecule has 3 heteroatoms. The highest BCUT2D eigenvalue weighted by molar-refractivity contribution is 5.79. The smallest absolute Gasteiger partial charge is 0.224 e. The molecule has 1 amide bonds. The number of rotatable bonds is 3. The number of carbonyl (C=O) groups is 1. The zero-order chi connectivity index (χ0) is 13.8. The summed E-state index contributed by atoms with van der Waals surface area (Å²) in [6.45, 7) is 7.86. The van der Waals surface area contributed by atoms with Crippen molar-refractivity contribution in [1.82, 2.24) is 10.6 Å². The van der Waals surface area contributed by atoms with Crippen LogP contribution in [0.4, 0.5) is 0 Å². The largest absolute Gasteiger partial charge is 0.341 e. The van der Waals surface area contributed by atoms with Gasteiger partial charge in [0.1, 0.15) is 0 Å². The van der Waals surface area contributed by atoms with Gasteiger partial charge in [-0.1, -0.05) is 27.2 Å². The Balaban J connectivity index is 1.93. The van der Waals surface area contributed by atoms with Crippen LogP contribution in [0.3, 0.4) is 0 Å². The molecule has 3 nitrogen and oxygen atoms in total. The first kappa shape index (κ1) is 14.8. The van der Waals surface area contributed by atoms with E-state index in [1.165, 1.54) is 25.7 Å². The summed E-state index contributed by atoms with van der Waals surface area (Å²) in [5, 5.41) is 6.66. The summed E-state index contributed by atoms with van der Waals surface area (Å²) in [6, 6.07) is 0. The molecule has 0 radical (unpaired) electrons. The predicted octanol–water partition coefficient (Wildman–Crippen LogP) is 2.91. The Bertz CT molecular complexity index is 297. The standard InChI is InChI=1S/C16H30N2O/c1-11(2)13-8-7-12(3)10-14(13)16(19)18-15-6-4-5-9-17-15/h11-15,17H,4-10H2,1-3H3,(H,18,19). The average Bonchev–Trinajstić information content (AvgIpc) is 2.39. The van der Waals surface area contributed by atoms with E-state index >= 15 is 0 Å². The van der Waals surface area contributed by atoms with Crippen LogP contribution in [0, 0.1) is 23.7 Å². The number of hydrogen-bond donors (Lipinski definition) is 2. The van der Waals surface area contributed by atoms with Crippen LogP contribution in [0.2, 0.25) is 0 Å². The van der Waals surface area contributed by atoms with Crippen LogP contribution in [-0.4, -0.2) is 18.6 Å². The molecule has 0 aromatic heterocycles. The molecule has 19 heavy (non-hydrogen) atoms. The van der Waals surface area contributed by atoms with E-state index in [2.05, 4.69) is 31.4 Å². The first-order valence-electron chi connectivity index (χ1n) is 8.11. The fraction of sp³-hybridized carbons (Fsp3) is 0.938. The summed E-state index contributed by atoms with van der Waals surface area (Å²) < 4.78 is 0. The van der Waals surface area contributed by atoms with Gasteiger partial charge in [0.2, 0.25) is 5.91 Å². The molecule has 2 rings (SSSR count). The Morgan fingerprint density at radius 3 is 2.63 bits per heavy atom. The number of carbonyl (C=O) groups excluding carboxylic acids is 1. The molecule has 2 N–H and O–H groups in total. The van der Waals surface area contributed by atoms with E-state index in [0.717, 1.165) is 19.4 Å². The summed E-state index contributed by atoms with van der Waals surface area (Å²) >= 11 is 0. The van der Waals surface area contributed by atoms with E-state index in [9.17, 15) is 4.79 Å². The second-order valence-electron chi connectivity index (χ2n) is 6.94. The summed E-state index contributed by atoms with van der Waals surface area (Å²) in [7, 11) is 0. The van der Waals surface area contributed by atoms with E-state index < -0.39 is 0 Å². The third-order valence-electron chi connectivity index (χ3n) is 4.99. The SMILES string of the molecule is CC1CCC(C(C)C)C(C(=O)NC2CCCCN2)C1. The molecule has 1 saturated heterocycles. The number of nitrogens with one attached hydrogen (secondary N) is 2. The van der Waals surface area contributed by atoms with E-state index in [1.54, 1.807) is 0 Å². The lowest BCUT2D eigenvalue weighted by atomic mass is 9.69. The minimum atomic E-state index is 0.214. The molecule has 0 aromatic rings. The van der Waals surface area contributed by atoms with Crippen molar-refractivity contribution in [2.45, 2.75) is 65.5 Å². The first-order chi connectivity index (χ1) is 9.08. The second kappa shape index (κ2) is 6.74. The predicted molar refractivity (Wildman–Crippen MR) is 78.6 cm³/mol. The molecule has 0 spiro atoms. The number of piperidine rings is 1. The molecule has 4 unspecified atom stereocenters. The lowest BCUT2D eigenvalue weighted by Crippen LogP contribution is -2.51. The summed E-state index contributed by atoms with van der Waals surface area (Å²) in [5.74, 6) is 2.41. The molecule has 0 bridgehead atoms. The molecule has 1 heterocycles. The molecule has 2 fully saturated rings. The van der Waals surface area contributed by atoms with Crippen molar-refractivity contribution in [2.75, 3.05) is 6.54 Å². The van der Waals surface area contributed by atoms with Gasteiger partial charge in [0.15, 0.2) is 0 Å². The van der Waals surface area contributed by atoms with Gasteiger partial charge in [0, 0.05) is 5.92 Å². The Morgan fingerprint density at radius 1 is 1.21 bits per heavy atom. The van der Waals surface area contributed by atoms with Crippen molar-refractivity contribution in [2.24, 2.45) is 23.7 Å². The topological polar surface area (TPSA) is 41.1 Å². The first-order valence-corrected chi connectivity index (χ1v) is 8.11. The van der Waals surface area contributed by atoms with E-state index in [-0.39, 0.29) is 12.1 Å². The minimum absolute atomic E-state index is 0.214. The van der Waals surface area contributed by atoms with Crippen molar-refractivity contribution in [3.63, 3.8) is 0 Å². The average molecular weight is 266 g/mol. The Morgan fingerprint density at radius 2 is 2.00 bits per heavy atom. The van der Waals surface area contributed by atoms with Gasteiger partial charge < -0.3 is 5.32 Å². The van der Waals surface area contributed by atoms with Crippen molar-refractivity contribution in [1.29, 1.82) is 0 Å². The highest BCUT2D eigenvalue weighted by atomic mass is 16.2. The minimum Gasteiger partial charge on any atom is -0.341 e. The maximum Gasteiger partial charge on any atom is 0.224 e. The van der Waals surface area contributed by atoms with Gasteiger partial charge in [0.05, 0.1) is 6.17 Å². The number of amides is 1. The normalized spacial score (nSPS) is 36.2. The van der Waals surface area contributed by atoms with Gasteiger partial charge in [-0.15, -0.1) is 0 Å². The van der Waals surface area contributed by atoms with Gasteiger partial charge in [-0.25, -0.2) is 0 Å². The van der Waals surface area contributed by atoms with Crippen LogP contribution in [0.15, 0.2) is 0 Å². The van der Waals surface area contributed by atoms with Gasteiger partial charge in [-0.3, -0.25) is 10.1 Å². The second-order valence-corrected chi connectivity index (χ2v) is 6.94. The zero-order valence-electron chi connectivity index (χ0n) is 12.7. The fourth-order valence-electron chi connectivity index (χ4n) is 3.76. The van der Waals surface area contributed by atoms with Crippen molar-refractivity contribution in [3.05, 3.63) is 0 Å². The van der Waals surface area contributed by atoms with Gasteiger partial charge in [-0.2, -0.15) is 0 Å². The van der Waals surface area contributed by atoms with Crippen LogP contribution in [-0.2, 0) is 4.79 Å². The lowest BCUT2D eigenvalue weighted by Gasteiger charge is -2.37. The van der Waals surface area contributed by atoms with Crippen molar-refractivity contribution >= 4 is 5.91 Å². The zero-order valence-corrected chi connectivity index (χ0v) is 12.7. The maximum absolute atomic E-state index is 12.6. The van der Waals surface area contributed by atoms with E-state index in [1.807, 2.05) is 0 Å². The summed E-state index contributed by atoms with van der Waals surface area (Å²) in [6.07, 6.45) is 7.34. The monoisotopic (exact) mass is 266 g/mol. The quantitative estimate of drug-likeness (QED) is 0.824. The van der Waals surface area contributed by atoms with E-state index in [4.69, 9.17) is 0 Å². The molecule has 0 aromatic carbocycles.